The molecule has 0 radical (unpaired) electrons. The Bertz CT molecular complexity index is 192. The van der Waals surface area contributed by atoms with Crippen molar-refractivity contribution in [2.24, 2.45) is 0 Å². The van der Waals surface area contributed by atoms with E-state index >= 15 is 0 Å². The number of allylic oxidation sites excluding steroid dienone is 2. The second kappa shape index (κ2) is 6.61. The molecule has 0 aliphatic carbocycles. The van der Waals surface area contributed by atoms with Gasteiger partial charge >= 0.3 is 5.97 Å². The molecule has 0 spiro atoms. The summed E-state index contributed by atoms with van der Waals surface area (Å²) in [6, 6.07) is 0. The second-order valence-electron chi connectivity index (χ2n) is 2.34. The first kappa shape index (κ1) is 10.9. The van der Waals surface area contributed by atoms with Gasteiger partial charge in [-0.05, 0) is 13.0 Å². The molecule has 0 amide bonds. The lowest BCUT2D eigenvalue weighted by Crippen LogP contribution is -1.97. The van der Waals surface area contributed by atoms with E-state index in [1.807, 2.05) is 6.92 Å². The van der Waals surface area contributed by atoms with Crippen LogP contribution in [-0.4, -0.2) is 24.3 Å². The van der Waals surface area contributed by atoms with Crippen molar-refractivity contribution >= 4 is 5.97 Å². The zero-order valence-corrected chi connectivity index (χ0v) is 7.41. The average molecular weight is 170 g/mol. The van der Waals surface area contributed by atoms with Gasteiger partial charge in [-0.3, -0.25) is 4.79 Å². The smallest absolute Gasteiger partial charge is 0.302 e. The summed E-state index contributed by atoms with van der Waals surface area (Å²) in [5.74, 6) is -0.287. The summed E-state index contributed by atoms with van der Waals surface area (Å²) in [6.07, 6.45) is 5.16. The zero-order valence-electron chi connectivity index (χ0n) is 7.41. The van der Waals surface area contributed by atoms with Crippen LogP contribution >= 0.6 is 0 Å². The molecular formula is C9H14O3. The molecule has 0 bridgehead atoms. The van der Waals surface area contributed by atoms with E-state index in [9.17, 15) is 4.79 Å². The summed E-state index contributed by atoms with van der Waals surface area (Å²) in [5.41, 5.74) is 0.963. The van der Waals surface area contributed by atoms with Gasteiger partial charge in [-0.25, -0.2) is 0 Å². The molecule has 0 fully saturated rings. The van der Waals surface area contributed by atoms with Crippen LogP contribution < -0.4 is 0 Å². The van der Waals surface area contributed by atoms with E-state index in [4.69, 9.17) is 5.11 Å². The molecular weight excluding hydrogens is 156 g/mol. The average Bonchev–Trinajstić information content (AvgIpc) is 2.00. The van der Waals surface area contributed by atoms with Gasteiger partial charge in [0.1, 0.15) is 6.61 Å². The third kappa shape index (κ3) is 7.02. The normalized spacial score (nSPS) is 12.1. The third-order valence-electron chi connectivity index (χ3n) is 1.18. The second-order valence-corrected chi connectivity index (χ2v) is 2.34. The van der Waals surface area contributed by atoms with Crippen molar-refractivity contribution in [1.29, 1.82) is 0 Å². The molecule has 0 aromatic rings. The minimum absolute atomic E-state index is 0.0265. The van der Waals surface area contributed by atoms with Gasteiger partial charge in [-0.15, -0.1) is 0 Å². The van der Waals surface area contributed by atoms with Crippen LogP contribution in [0.25, 0.3) is 0 Å². The van der Waals surface area contributed by atoms with Gasteiger partial charge in [-0.2, -0.15) is 0 Å². The first-order valence-corrected chi connectivity index (χ1v) is 3.74. The minimum atomic E-state index is -0.287. The fourth-order valence-electron chi connectivity index (χ4n) is 0.597. The summed E-state index contributed by atoms with van der Waals surface area (Å²) in [4.78, 5) is 10.3. The van der Waals surface area contributed by atoms with Gasteiger partial charge in [0, 0.05) is 6.92 Å². The molecule has 0 rings (SSSR count). The molecule has 12 heavy (non-hydrogen) atoms. The maximum Gasteiger partial charge on any atom is 0.302 e. The first-order chi connectivity index (χ1) is 5.66. The fourth-order valence-corrected chi connectivity index (χ4v) is 0.597. The molecule has 1 N–H and O–H groups in total. The van der Waals surface area contributed by atoms with Crippen LogP contribution in [0.3, 0.4) is 0 Å². The summed E-state index contributed by atoms with van der Waals surface area (Å²) < 4.78 is 4.68. The number of carbonyl (C=O) groups excluding carboxylic acids is 1. The minimum Gasteiger partial charge on any atom is -0.462 e. The third-order valence-corrected chi connectivity index (χ3v) is 1.18. The van der Waals surface area contributed by atoms with E-state index in [1.165, 1.54) is 6.92 Å². The van der Waals surface area contributed by atoms with Gasteiger partial charge in [-0.1, -0.05) is 17.7 Å². The van der Waals surface area contributed by atoms with Crippen molar-refractivity contribution < 1.29 is 14.6 Å². The zero-order chi connectivity index (χ0) is 9.40. The first-order valence-electron chi connectivity index (χ1n) is 3.74. The van der Waals surface area contributed by atoms with Crippen LogP contribution in [0, 0.1) is 0 Å². The van der Waals surface area contributed by atoms with Crippen LogP contribution in [0.4, 0.5) is 0 Å². The fraction of sp³-hybridized carbons (Fsp3) is 0.444. The standard InChI is InChI=1S/C9H14O3/c1-8(4-3-6-10)5-7-12-9(2)11/h3-5,10H,6-7H2,1-2H3. The summed E-state index contributed by atoms with van der Waals surface area (Å²) >= 11 is 0. The molecule has 0 saturated heterocycles. The molecule has 0 saturated carbocycles. The highest BCUT2D eigenvalue weighted by atomic mass is 16.5. The van der Waals surface area contributed by atoms with E-state index < -0.39 is 0 Å². The molecule has 0 aliphatic heterocycles. The Hall–Kier alpha value is -1.09. The predicted octanol–water partition coefficient (Wildman–Crippen LogP) is 1.04. The van der Waals surface area contributed by atoms with Crippen molar-refractivity contribution in [3.63, 3.8) is 0 Å². The number of carbonyl (C=O) groups is 1. The number of esters is 1. The summed E-state index contributed by atoms with van der Waals surface area (Å²) in [7, 11) is 0. The number of hydrogen-bond acceptors (Lipinski definition) is 3. The van der Waals surface area contributed by atoms with Gasteiger partial charge in [0.05, 0.1) is 6.61 Å². The SMILES string of the molecule is CC(=O)OCC=C(C)C=CCO. The predicted molar refractivity (Wildman–Crippen MR) is 46.6 cm³/mol. The Balaban J connectivity index is 3.69. The molecule has 0 heterocycles. The van der Waals surface area contributed by atoms with Gasteiger partial charge in [0.25, 0.3) is 0 Å². The van der Waals surface area contributed by atoms with Crippen LogP contribution in [0.2, 0.25) is 0 Å². The Morgan fingerprint density at radius 1 is 1.50 bits per heavy atom. The summed E-state index contributed by atoms with van der Waals surface area (Å²) in [6.45, 7) is 3.55. The number of rotatable bonds is 4. The van der Waals surface area contributed by atoms with Crippen molar-refractivity contribution in [2.75, 3.05) is 13.2 Å². The molecule has 68 valence electrons. The monoisotopic (exact) mass is 170 g/mol. The van der Waals surface area contributed by atoms with Gasteiger partial charge in [0.15, 0.2) is 0 Å². The van der Waals surface area contributed by atoms with Crippen LogP contribution in [0.5, 0.6) is 0 Å². The Morgan fingerprint density at radius 3 is 2.67 bits per heavy atom. The highest BCUT2D eigenvalue weighted by Crippen LogP contribution is 1.94. The lowest BCUT2D eigenvalue weighted by molar-refractivity contribution is -0.139. The highest BCUT2D eigenvalue weighted by molar-refractivity contribution is 5.66. The van der Waals surface area contributed by atoms with Gasteiger partial charge < -0.3 is 9.84 Å². The number of aliphatic hydroxyl groups is 1. The summed E-state index contributed by atoms with van der Waals surface area (Å²) in [5, 5.41) is 8.43. The molecule has 0 unspecified atom stereocenters. The van der Waals surface area contributed by atoms with E-state index in [0.29, 0.717) is 0 Å². The topological polar surface area (TPSA) is 46.5 Å². The lowest BCUT2D eigenvalue weighted by atomic mass is 10.2. The molecule has 0 aromatic heterocycles. The van der Waals surface area contributed by atoms with Crippen molar-refractivity contribution in [3.8, 4) is 0 Å². The number of ether oxygens (including phenoxy) is 1. The quantitative estimate of drug-likeness (QED) is 0.506. The van der Waals surface area contributed by atoms with Crippen molar-refractivity contribution in [3.05, 3.63) is 23.8 Å². The maximum atomic E-state index is 10.3. The largest absolute Gasteiger partial charge is 0.462 e. The van der Waals surface area contributed by atoms with Crippen molar-refractivity contribution in [2.45, 2.75) is 13.8 Å². The highest BCUT2D eigenvalue weighted by Gasteiger charge is 1.87. The molecule has 3 nitrogen and oxygen atoms in total. The molecule has 0 aliphatic rings. The number of hydrogen-bond donors (Lipinski definition) is 1. The lowest BCUT2D eigenvalue weighted by Gasteiger charge is -1.96. The Kier molecular flexibility index (Phi) is 6.01. The molecule has 0 atom stereocenters. The molecule has 0 aromatic carbocycles. The molecule has 3 heteroatoms. The Labute approximate surface area is 72.3 Å². The van der Waals surface area contributed by atoms with Crippen molar-refractivity contribution in [1.82, 2.24) is 0 Å². The van der Waals surface area contributed by atoms with Crippen LogP contribution in [0.15, 0.2) is 23.8 Å². The number of aliphatic hydroxyl groups excluding tert-OH is 1. The van der Waals surface area contributed by atoms with Gasteiger partial charge in [0.2, 0.25) is 0 Å². The maximum absolute atomic E-state index is 10.3. The van der Waals surface area contributed by atoms with E-state index in [0.717, 1.165) is 5.57 Å². The van der Waals surface area contributed by atoms with Crippen LogP contribution in [-0.2, 0) is 9.53 Å². The van der Waals surface area contributed by atoms with E-state index in [-0.39, 0.29) is 19.2 Å². The van der Waals surface area contributed by atoms with E-state index in [2.05, 4.69) is 4.74 Å². The van der Waals surface area contributed by atoms with E-state index in [1.54, 1.807) is 18.2 Å². The van der Waals surface area contributed by atoms with Crippen LogP contribution in [0.1, 0.15) is 13.8 Å². The Morgan fingerprint density at radius 2 is 2.17 bits per heavy atom.